The average Bonchev–Trinajstić information content (AvgIpc) is 2.97. The molecule has 0 saturated carbocycles. The zero-order valence-corrected chi connectivity index (χ0v) is 15.3. The number of carbonyl (C=O) groups excluding carboxylic acids is 1. The summed E-state index contributed by atoms with van der Waals surface area (Å²) >= 11 is 0. The molecule has 0 radical (unpaired) electrons. The summed E-state index contributed by atoms with van der Waals surface area (Å²) in [5.74, 6) is -0.681. The van der Waals surface area contributed by atoms with Gasteiger partial charge in [-0.15, -0.1) is 5.10 Å². The Balaban J connectivity index is 1.66. The van der Waals surface area contributed by atoms with Gasteiger partial charge in [0.15, 0.2) is 0 Å². The van der Waals surface area contributed by atoms with E-state index in [4.69, 9.17) is 4.74 Å². The summed E-state index contributed by atoms with van der Waals surface area (Å²) in [6.07, 6.45) is 1.35. The number of piperidine rings is 1. The van der Waals surface area contributed by atoms with Crippen molar-refractivity contribution in [3.8, 4) is 0 Å². The van der Waals surface area contributed by atoms with Crippen LogP contribution in [0, 0.1) is 5.92 Å². The van der Waals surface area contributed by atoms with E-state index in [9.17, 15) is 14.7 Å². The molecule has 0 spiro atoms. The molecule has 26 heavy (non-hydrogen) atoms. The number of carbonyl (C=O) groups is 2. The fourth-order valence-electron chi connectivity index (χ4n) is 3.20. The second-order valence-corrected chi connectivity index (χ2v) is 7.66. The second kappa shape index (κ2) is 6.93. The third kappa shape index (κ3) is 3.95. The molecule has 1 aliphatic heterocycles. The highest BCUT2D eigenvalue weighted by Gasteiger charge is 2.27. The molecule has 8 heteroatoms. The fraction of sp³-hybridized carbons (Fsp3) is 0.556. The molecule has 0 unspecified atom stereocenters. The Morgan fingerprint density at radius 3 is 2.58 bits per heavy atom. The number of amides is 1. The van der Waals surface area contributed by atoms with Gasteiger partial charge in [0.25, 0.3) is 0 Å². The lowest BCUT2D eigenvalue weighted by atomic mass is 9.97. The number of carboxylic acids is 1. The van der Waals surface area contributed by atoms with Crippen molar-refractivity contribution in [3.63, 3.8) is 0 Å². The number of aromatic nitrogens is 3. The maximum Gasteiger partial charge on any atom is 0.410 e. The molecule has 0 aliphatic carbocycles. The van der Waals surface area contributed by atoms with Crippen LogP contribution in [0.1, 0.15) is 44.0 Å². The highest BCUT2D eigenvalue weighted by Crippen LogP contribution is 2.24. The number of aromatic carboxylic acids is 1. The molecule has 1 aromatic heterocycles. The van der Waals surface area contributed by atoms with Crippen molar-refractivity contribution in [1.29, 1.82) is 0 Å². The van der Waals surface area contributed by atoms with Crippen LogP contribution < -0.4 is 0 Å². The number of hydrogen-bond acceptors (Lipinski definition) is 5. The van der Waals surface area contributed by atoms with Crippen LogP contribution in [-0.4, -0.2) is 55.8 Å². The summed E-state index contributed by atoms with van der Waals surface area (Å²) in [6, 6.07) is 5.00. The Morgan fingerprint density at radius 2 is 1.96 bits per heavy atom. The molecule has 0 atom stereocenters. The molecule has 2 heterocycles. The number of fused-ring (bicyclic) bond motifs is 1. The van der Waals surface area contributed by atoms with Crippen LogP contribution in [0.15, 0.2) is 18.2 Å². The van der Waals surface area contributed by atoms with Crippen molar-refractivity contribution in [2.45, 2.75) is 45.8 Å². The summed E-state index contributed by atoms with van der Waals surface area (Å²) < 4.78 is 7.09. The van der Waals surface area contributed by atoms with Gasteiger partial charge in [-0.1, -0.05) is 11.3 Å². The smallest absolute Gasteiger partial charge is 0.410 e. The molecule has 1 N–H and O–H groups in total. The van der Waals surface area contributed by atoms with E-state index in [0.29, 0.717) is 36.6 Å². The summed E-state index contributed by atoms with van der Waals surface area (Å²) in [7, 11) is 0. The maximum absolute atomic E-state index is 12.1. The molecule has 1 amide bonds. The molecular formula is C18H24N4O4. The number of rotatable bonds is 3. The van der Waals surface area contributed by atoms with Gasteiger partial charge in [0.05, 0.1) is 5.56 Å². The molecule has 1 aromatic carbocycles. The van der Waals surface area contributed by atoms with Crippen molar-refractivity contribution in [2.24, 2.45) is 5.92 Å². The van der Waals surface area contributed by atoms with Gasteiger partial charge in [-0.05, 0) is 51.7 Å². The van der Waals surface area contributed by atoms with E-state index in [1.54, 1.807) is 27.8 Å². The Morgan fingerprint density at radius 1 is 1.27 bits per heavy atom. The van der Waals surface area contributed by atoms with Gasteiger partial charge >= 0.3 is 12.1 Å². The molecule has 140 valence electrons. The Kier molecular flexibility index (Phi) is 4.84. The Hall–Kier alpha value is -2.64. The molecule has 3 rings (SSSR count). The van der Waals surface area contributed by atoms with Gasteiger partial charge in [0, 0.05) is 19.6 Å². The normalized spacial score (nSPS) is 16.0. The molecule has 1 fully saturated rings. The lowest BCUT2D eigenvalue weighted by molar-refractivity contribution is 0.0177. The molecule has 1 saturated heterocycles. The molecule has 8 nitrogen and oxygen atoms in total. The largest absolute Gasteiger partial charge is 0.478 e. The van der Waals surface area contributed by atoms with Crippen LogP contribution >= 0.6 is 0 Å². The minimum Gasteiger partial charge on any atom is -0.478 e. The number of benzene rings is 1. The summed E-state index contributed by atoms with van der Waals surface area (Å²) in [5.41, 5.74) is 0.838. The lowest BCUT2D eigenvalue weighted by Gasteiger charge is -2.33. The first-order valence-corrected chi connectivity index (χ1v) is 8.78. The van der Waals surface area contributed by atoms with Gasteiger partial charge in [0.2, 0.25) is 0 Å². The number of carboxylic acid groups (broad SMARTS) is 1. The van der Waals surface area contributed by atoms with Gasteiger partial charge in [0.1, 0.15) is 16.6 Å². The van der Waals surface area contributed by atoms with E-state index in [0.717, 1.165) is 12.8 Å². The first-order chi connectivity index (χ1) is 12.2. The number of para-hydroxylation sites is 1. The van der Waals surface area contributed by atoms with E-state index in [1.807, 2.05) is 20.8 Å². The minimum absolute atomic E-state index is 0.207. The third-order valence-electron chi connectivity index (χ3n) is 4.46. The standard InChI is InChI=1S/C18H24N4O4/c1-18(2,3)26-17(25)21-9-7-12(8-10-21)11-22-15-13(16(23)24)5-4-6-14(15)19-20-22/h4-6,12H,7-11H2,1-3H3,(H,23,24). The van der Waals surface area contributed by atoms with E-state index in [-0.39, 0.29) is 11.7 Å². The summed E-state index contributed by atoms with van der Waals surface area (Å²) in [4.78, 5) is 25.3. The van der Waals surface area contributed by atoms with Gasteiger partial charge in [-0.3, -0.25) is 0 Å². The molecule has 0 bridgehead atoms. The van der Waals surface area contributed by atoms with Crippen LogP contribution in [-0.2, 0) is 11.3 Å². The zero-order chi connectivity index (χ0) is 18.9. The molecule has 1 aliphatic rings. The Labute approximate surface area is 151 Å². The van der Waals surface area contributed by atoms with Gasteiger partial charge < -0.3 is 14.7 Å². The number of nitrogens with zero attached hydrogens (tertiary/aromatic N) is 4. The van der Waals surface area contributed by atoms with Crippen LogP contribution in [0.25, 0.3) is 11.0 Å². The van der Waals surface area contributed by atoms with Crippen molar-refractivity contribution >= 4 is 23.1 Å². The quantitative estimate of drug-likeness (QED) is 0.904. The predicted octanol–water partition coefficient (Wildman–Crippen LogP) is 2.78. The maximum atomic E-state index is 12.1. The fourth-order valence-corrected chi connectivity index (χ4v) is 3.20. The number of hydrogen-bond donors (Lipinski definition) is 1. The summed E-state index contributed by atoms with van der Waals surface area (Å²) in [5, 5.41) is 17.6. The first kappa shape index (κ1) is 18.2. The van der Waals surface area contributed by atoms with E-state index in [1.165, 1.54) is 0 Å². The highest BCUT2D eigenvalue weighted by molar-refractivity contribution is 6.00. The number of likely N-dealkylation sites (tertiary alicyclic amines) is 1. The van der Waals surface area contributed by atoms with Gasteiger partial charge in [-0.25, -0.2) is 14.3 Å². The SMILES string of the molecule is CC(C)(C)OC(=O)N1CCC(Cn2nnc3cccc(C(=O)O)c32)CC1. The topological polar surface area (TPSA) is 97.5 Å². The van der Waals surface area contributed by atoms with Crippen LogP contribution in [0.2, 0.25) is 0 Å². The Bertz CT molecular complexity index is 816. The average molecular weight is 360 g/mol. The van der Waals surface area contributed by atoms with Crippen molar-refractivity contribution in [2.75, 3.05) is 13.1 Å². The van der Waals surface area contributed by atoms with Gasteiger partial charge in [-0.2, -0.15) is 0 Å². The minimum atomic E-state index is -0.987. The third-order valence-corrected chi connectivity index (χ3v) is 4.46. The second-order valence-electron chi connectivity index (χ2n) is 7.66. The van der Waals surface area contributed by atoms with Crippen molar-refractivity contribution in [3.05, 3.63) is 23.8 Å². The van der Waals surface area contributed by atoms with E-state index < -0.39 is 11.6 Å². The molecule has 2 aromatic rings. The number of ether oxygens (including phenoxy) is 1. The summed E-state index contributed by atoms with van der Waals surface area (Å²) in [6.45, 7) is 7.40. The van der Waals surface area contributed by atoms with Crippen molar-refractivity contribution < 1.29 is 19.4 Å². The van der Waals surface area contributed by atoms with E-state index >= 15 is 0 Å². The van der Waals surface area contributed by atoms with E-state index in [2.05, 4.69) is 10.3 Å². The molecular weight excluding hydrogens is 336 g/mol. The lowest BCUT2D eigenvalue weighted by Crippen LogP contribution is -2.42. The monoisotopic (exact) mass is 360 g/mol. The van der Waals surface area contributed by atoms with Crippen LogP contribution in [0.4, 0.5) is 4.79 Å². The highest BCUT2D eigenvalue weighted by atomic mass is 16.6. The zero-order valence-electron chi connectivity index (χ0n) is 15.3. The predicted molar refractivity (Wildman–Crippen MR) is 95.0 cm³/mol. The van der Waals surface area contributed by atoms with Crippen molar-refractivity contribution in [1.82, 2.24) is 19.9 Å². The first-order valence-electron chi connectivity index (χ1n) is 8.78. The van der Waals surface area contributed by atoms with Crippen LogP contribution in [0.3, 0.4) is 0 Å². The van der Waals surface area contributed by atoms with Crippen LogP contribution in [0.5, 0.6) is 0 Å².